The van der Waals surface area contributed by atoms with E-state index < -0.39 is 0 Å². The predicted molar refractivity (Wildman–Crippen MR) is 62.4 cm³/mol. The second-order valence-corrected chi connectivity index (χ2v) is 4.52. The molecule has 0 bridgehead atoms. The third-order valence-corrected chi connectivity index (χ3v) is 3.56. The van der Waals surface area contributed by atoms with Gasteiger partial charge in [-0.25, -0.2) is 0 Å². The summed E-state index contributed by atoms with van der Waals surface area (Å²) in [6, 6.07) is 1.27. The molecule has 0 aromatic heterocycles. The van der Waals surface area contributed by atoms with Gasteiger partial charge in [-0.2, -0.15) is 0 Å². The SMILES string of the molecule is CCC(N)CCN(CC)C1CCCC1. The third kappa shape index (κ3) is 3.58. The Morgan fingerprint density at radius 1 is 1.29 bits per heavy atom. The Kier molecular flexibility index (Phi) is 5.49. The van der Waals surface area contributed by atoms with Crippen molar-refractivity contribution in [2.75, 3.05) is 13.1 Å². The zero-order chi connectivity index (χ0) is 10.4. The molecule has 1 atom stereocenters. The molecule has 2 heteroatoms. The first kappa shape index (κ1) is 12.0. The average Bonchev–Trinajstić information content (AvgIpc) is 2.72. The van der Waals surface area contributed by atoms with E-state index in [2.05, 4.69) is 18.7 Å². The van der Waals surface area contributed by atoms with E-state index in [-0.39, 0.29) is 0 Å². The van der Waals surface area contributed by atoms with Crippen molar-refractivity contribution in [3.8, 4) is 0 Å². The topological polar surface area (TPSA) is 29.3 Å². The van der Waals surface area contributed by atoms with Crippen molar-refractivity contribution in [1.82, 2.24) is 4.90 Å². The Balaban J connectivity index is 2.23. The molecule has 2 nitrogen and oxygen atoms in total. The van der Waals surface area contributed by atoms with Gasteiger partial charge >= 0.3 is 0 Å². The molecule has 0 saturated heterocycles. The summed E-state index contributed by atoms with van der Waals surface area (Å²) in [7, 11) is 0. The van der Waals surface area contributed by atoms with E-state index in [0.717, 1.165) is 12.5 Å². The minimum Gasteiger partial charge on any atom is -0.328 e. The largest absolute Gasteiger partial charge is 0.328 e. The lowest BCUT2D eigenvalue weighted by Crippen LogP contribution is -2.36. The Bertz CT molecular complexity index is 141. The molecule has 1 unspecified atom stereocenters. The smallest absolute Gasteiger partial charge is 0.00951 e. The van der Waals surface area contributed by atoms with Gasteiger partial charge in [0.05, 0.1) is 0 Å². The quantitative estimate of drug-likeness (QED) is 0.710. The van der Waals surface area contributed by atoms with Crippen LogP contribution in [-0.2, 0) is 0 Å². The van der Waals surface area contributed by atoms with Gasteiger partial charge in [0, 0.05) is 12.1 Å². The van der Waals surface area contributed by atoms with Crippen molar-refractivity contribution >= 4 is 0 Å². The lowest BCUT2D eigenvalue weighted by molar-refractivity contribution is 0.201. The number of nitrogens with zero attached hydrogens (tertiary/aromatic N) is 1. The fraction of sp³-hybridized carbons (Fsp3) is 1.00. The Labute approximate surface area is 88.8 Å². The van der Waals surface area contributed by atoms with Gasteiger partial charge < -0.3 is 10.6 Å². The number of nitrogens with two attached hydrogens (primary N) is 1. The Morgan fingerprint density at radius 2 is 1.93 bits per heavy atom. The lowest BCUT2D eigenvalue weighted by atomic mass is 10.1. The highest BCUT2D eigenvalue weighted by Gasteiger charge is 2.21. The van der Waals surface area contributed by atoms with Crippen molar-refractivity contribution in [1.29, 1.82) is 0 Å². The van der Waals surface area contributed by atoms with E-state index in [1.807, 2.05) is 0 Å². The fourth-order valence-electron chi connectivity index (χ4n) is 2.40. The molecule has 0 spiro atoms. The number of rotatable bonds is 6. The van der Waals surface area contributed by atoms with Crippen LogP contribution in [0.2, 0.25) is 0 Å². The van der Waals surface area contributed by atoms with Crippen molar-refractivity contribution in [3.63, 3.8) is 0 Å². The Morgan fingerprint density at radius 3 is 2.43 bits per heavy atom. The molecular weight excluding hydrogens is 172 g/mol. The fourth-order valence-corrected chi connectivity index (χ4v) is 2.40. The van der Waals surface area contributed by atoms with Gasteiger partial charge in [-0.3, -0.25) is 0 Å². The van der Waals surface area contributed by atoms with E-state index >= 15 is 0 Å². The summed E-state index contributed by atoms with van der Waals surface area (Å²) in [5, 5.41) is 0. The molecule has 1 aliphatic carbocycles. The lowest BCUT2D eigenvalue weighted by Gasteiger charge is -2.28. The van der Waals surface area contributed by atoms with Crippen LogP contribution in [0.1, 0.15) is 52.4 Å². The van der Waals surface area contributed by atoms with Crippen LogP contribution in [0, 0.1) is 0 Å². The van der Waals surface area contributed by atoms with Crippen LogP contribution >= 0.6 is 0 Å². The predicted octanol–water partition coefficient (Wildman–Crippen LogP) is 2.38. The van der Waals surface area contributed by atoms with Crippen molar-refractivity contribution in [2.45, 2.75) is 64.5 Å². The first-order valence-electron chi connectivity index (χ1n) is 6.27. The molecule has 0 amide bonds. The summed E-state index contributed by atoms with van der Waals surface area (Å²) in [4.78, 5) is 2.63. The van der Waals surface area contributed by atoms with E-state index in [9.17, 15) is 0 Å². The van der Waals surface area contributed by atoms with E-state index in [4.69, 9.17) is 5.73 Å². The second-order valence-electron chi connectivity index (χ2n) is 4.52. The summed E-state index contributed by atoms with van der Waals surface area (Å²) in [6.45, 7) is 6.85. The maximum atomic E-state index is 5.95. The maximum absolute atomic E-state index is 5.95. The molecule has 0 radical (unpaired) electrons. The van der Waals surface area contributed by atoms with Crippen LogP contribution in [0.3, 0.4) is 0 Å². The van der Waals surface area contributed by atoms with Crippen LogP contribution in [0.25, 0.3) is 0 Å². The second kappa shape index (κ2) is 6.41. The molecule has 1 fully saturated rings. The van der Waals surface area contributed by atoms with E-state index in [1.165, 1.54) is 45.2 Å². The van der Waals surface area contributed by atoms with Crippen LogP contribution in [-0.4, -0.2) is 30.1 Å². The molecule has 0 aromatic rings. The monoisotopic (exact) mass is 198 g/mol. The molecule has 2 N–H and O–H groups in total. The average molecular weight is 198 g/mol. The highest BCUT2D eigenvalue weighted by Crippen LogP contribution is 2.23. The van der Waals surface area contributed by atoms with Gasteiger partial charge in [0.15, 0.2) is 0 Å². The molecular formula is C12H26N2. The highest BCUT2D eigenvalue weighted by atomic mass is 15.1. The number of hydrogen-bond acceptors (Lipinski definition) is 2. The summed E-state index contributed by atoms with van der Waals surface area (Å²) in [5.41, 5.74) is 5.95. The zero-order valence-electron chi connectivity index (χ0n) is 9.84. The molecule has 0 heterocycles. The minimum absolute atomic E-state index is 0.408. The molecule has 1 saturated carbocycles. The first-order valence-corrected chi connectivity index (χ1v) is 6.27. The zero-order valence-corrected chi connectivity index (χ0v) is 9.84. The van der Waals surface area contributed by atoms with E-state index in [0.29, 0.717) is 6.04 Å². The first-order chi connectivity index (χ1) is 6.77. The summed E-state index contributed by atoms with van der Waals surface area (Å²) in [6.07, 6.45) is 7.97. The van der Waals surface area contributed by atoms with E-state index in [1.54, 1.807) is 0 Å². The molecule has 1 rings (SSSR count). The standard InChI is InChI=1S/C12H26N2/c1-3-11(13)9-10-14(4-2)12-7-5-6-8-12/h11-12H,3-10,13H2,1-2H3. The van der Waals surface area contributed by atoms with Crippen molar-refractivity contribution in [2.24, 2.45) is 5.73 Å². The third-order valence-electron chi connectivity index (χ3n) is 3.56. The molecule has 1 aliphatic rings. The molecule has 14 heavy (non-hydrogen) atoms. The summed E-state index contributed by atoms with van der Waals surface area (Å²) >= 11 is 0. The highest BCUT2D eigenvalue weighted by molar-refractivity contribution is 4.77. The molecule has 84 valence electrons. The van der Waals surface area contributed by atoms with Crippen LogP contribution in [0.4, 0.5) is 0 Å². The van der Waals surface area contributed by atoms with Gasteiger partial charge in [0.2, 0.25) is 0 Å². The van der Waals surface area contributed by atoms with Crippen molar-refractivity contribution < 1.29 is 0 Å². The number of hydrogen-bond donors (Lipinski definition) is 1. The minimum atomic E-state index is 0.408. The summed E-state index contributed by atoms with van der Waals surface area (Å²) < 4.78 is 0. The normalized spacial score (nSPS) is 20.6. The summed E-state index contributed by atoms with van der Waals surface area (Å²) in [5.74, 6) is 0. The van der Waals surface area contributed by atoms with Gasteiger partial charge in [-0.15, -0.1) is 0 Å². The van der Waals surface area contributed by atoms with Gasteiger partial charge in [-0.05, 0) is 38.8 Å². The molecule has 0 aromatic carbocycles. The van der Waals surface area contributed by atoms with Gasteiger partial charge in [-0.1, -0.05) is 26.7 Å². The van der Waals surface area contributed by atoms with Crippen molar-refractivity contribution in [3.05, 3.63) is 0 Å². The molecule has 0 aliphatic heterocycles. The van der Waals surface area contributed by atoms with Crippen LogP contribution < -0.4 is 5.73 Å². The Hall–Kier alpha value is -0.0800. The van der Waals surface area contributed by atoms with Crippen LogP contribution in [0.15, 0.2) is 0 Å². The maximum Gasteiger partial charge on any atom is 0.00951 e. The van der Waals surface area contributed by atoms with Gasteiger partial charge in [0.1, 0.15) is 0 Å². The van der Waals surface area contributed by atoms with Crippen LogP contribution in [0.5, 0.6) is 0 Å². The van der Waals surface area contributed by atoms with Gasteiger partial charge in [0.25, 0.3) is 0 Å².